The molecule has 1 rings (SSSR count). The monoisotopic (exact) mass is 241 g/mol. The van der Waals surface area contributed by atoms with Crippen molar-refractivity contribution in [2.24, 2.45) is 0 Å². The molecule has 0 atom stereocenters. The van der Waals surface area contributed by atoms with Crippen molar-refractivity contribution >= 4 is 23.3 Å². The minimum absolute atomic E-state index is 0.00896. The van der Waals surface area contributed by atoms with Gasteiger partial charge in [0.1, 0.15) is 12.0 Å². The second-order valence-electron chi connectivity index (χ2n) is 3.98. The minimum Gasteiger partial charge on any atom is -0.369 e. The lowest BCUT2D eigenvalue weighted by atomic mass is 10.2. The molecule has 16 heavy (non-hydrogen) atoms. The predicted octanol–water partition coefficient (Wildman–Crippen LogP) is 2.54. The summed E-state index contributed by atoms with van der Waals surface area (Å²) in [6.45, 7) is 5.01. The summed E-state index contributed by atoms with van der Waals surface area (Å²) in [4.78, 5) is 13.9. The number of aromatic nitrogens is 1. The second kappa shape index (κ2) is 5.16. The molecule has 0 spiro atoms. The Morgan fingerprint density at radius 1 is 1.56 bits per heavy atom. The molecule has 6 heteroatoms. The lowest BCUT2D eigenvalue weighted by Crippen LogP contribution is -2.26. The summed E-state index contributed by atoms with van der Waals surface area (Å²) in [5.74, 6) is 0.660. The van der Waals surface area contributed by atoms with E-state index >= 15 is 0 Å². The third-order valence-corrected chi connectivity index (χ3v) is 3.46. The predicted molar refractivity (Wildman–Crippen MR) is 67.0 cm³/mol. The van der Waals surface area contributed by atoms with Crippen LogP contribution in [-0.2, 0) is 0 Å². The van der Waals surface area contributed by atoms with E-state index in [4.69, 9.17) is 0 Å². The number of anilines is 1. The van der Waals surface area contributed by atoms with Crippen LogP contribution in [0.3, 0.4) is 0 Å². The standard InChI is InChI=1S/C10H15N3O2S/c1-10(2,16-3)7-12-9-5-4-8(6-11-9)13(14)15/h4-6H,7H2,1-3H3,(H,11,12). The zero-order chi connectivity index (χ0) is 12.2. The van der Waals surface area contributed by atoms with E-state index in [1.54, 1.807) is 17.8 Å². The van der Waals surface area contributed by atoms with Gasteiger partial charge in [0.2, 0.25) is 0 Å². The summed E-state index contributed by atoms with van der Waals surface area (Å²) in [7, 11) is 0. The van der Waals surface area contributed by atoms with E-state index in [1.807, 2.05) is 6.26 Å². The van der Waals surface area contributed by atoms with Crippen molar-refractivity contribution in [1.82, 2.24) is 4.98 Å². The van der Waals surface area contributed by atoms with Crippen molar-refractivity contribution in [2.45, 2.75) is 18.6 Å². The summed E-state index contributed by atoms with van der Waals surface area (Å²) in [6.07, 6.45) is 3.30. The van der Waals surface area contributed by atoms with Gasteiger partial charge in [-0.1, -0.05) is 0 Å². The molecule has 1 heterocycles. The first kappa shape index (κ1) is 12.8. The van der Waals surface area contributed by atoms with Crippen LogP contribution in [0.5, 0.6) is 0 Å². The number of nitrogens with one attached hydrogen (secondary N) is 1. The van der Waals surface area contributed by atoms with Crippen molar-refractivity contribution in [3.05, 3.63) is 28.4 Å². The summed E-state index contributed by atoms with van der Waals surface area (Å²) in [5.41, 5.74) is 0.00896. The zero-order valence-electron chi connectivity index (χ0n) is 9.56. The molecule has 1 aromatic heterocycles. The third kappa shape index (κ3) is 3.69. The van der Waals surface area contributed by atoms with E-state index in [-0.39, 0.29) is 10.4 Å². The fourth-order valence-corrected chi connectivity index (χ4v) is 1.19. The third-order valence-electron chi connectivity index (χ3n) is 2.21. The number of nitrogens with zero attached hydrogens (tertiary/aromatic N) is 2. The highest BCUT2D eigenvalue weighted by atomic mass is 32.2. The molecule has 0 radical (unpaired) electrons. The molecule has 1 aromatic rings. The van der Waals surface area contributed by atoms with Crippen LogP contribution in [0.1, 0.15) is 13.8 Å². The average molecular weight is 241 g/mol. The summed E-state index contributed by atoms with van der Waals surface area (Å²) >= 11 is 1.76. The van der Waals surface area contributed by atoms with E-state index in [1.165, 1.54) is 12.3 Å². The molecular weight excluding hydrogens is 226 g/mol. The molecule has 0 fully saturated rings. The van der Waals surface area contributed by atoms with Gasteiger partial charge in [0.05, 0.1) is 4.92 Å². The summed E-state index contributed by atoms with van der Waals surface area (Å²) in [6, 6.07) is 3.07. The molecule has 0 aromatic carbocycles. The average Bonchev–Trinajstić information content (AvgIpc) is 2.27. The van der Waals surface area contributed by atoms with E-state index in [0.717, 1.165) is 6.54 Å². The molecule has 0 bridgehead atoms. The van der Waals surface area contributed by atoms with E-state index in [2.05, 4.69) is 24.1 Å². The largest absolute Gasteiger partial charge is 0.369 e. The van der Waals surface area contributed by atoms with Crippen molar-refractivity contribution in [2.75, 3.05) is 18.1 Å². The van der Waals surface area contributed by atoms with Crippen LogP contribution >= 0.6 is 11.8 Å². The Morgan fingerprint density at radius 3 is 2.69 bits per heavy atom. The summed E-state index contributed by atoms with van der Waals surface area (Å²) in [5, 5.41) is 13.6. The maximum atomic E-state index is 10.4. The van der Waals surface area contributed by atoms with Crippen LogP contribution < -0.4 is 5.32 Å². The Hall–Kier alpha value is -1.30. The van der Waals surface area contributed by atoms with E-state index in [0.29, 0.717) is 5.82 Å². The van der Waals surface area contributed by atoms with Gasteiger partial charge >= 0.3 is 0 Å². The van der Waals surface area contributed by atoms with Crippen LogP contribution in [-0.4, -0.2) is 27.5 Å². The first-order chi connectivity index (χ1) is 7.44. The van der Waals surface area contributed by atoms with Crippen LogP contribution in [0.4, 0.5) is 11.5 Å². The Labute approximate surface area is 98.8 Å². The number of hydrogen-bond acceptors (Lipinski definition) is 5. The van der Waals surface area contributed by atoms with Gasteiger partial charge in [0, 0.05) is 17.4 Å². The maximum Gasteiger partial charge on any atom is 0.287 e. The minimum atomic E-state index is -0.456. The number of pyridine rings is 1. The molecule has 0 amide bonds. The van der Waals surface area contributed by atoms with Gasteiger partial charge in [-0.05, 0) is 26.2 Å². The second-order valence-corrected chi connectivity index (χ2v) is 5.49. The van der Waals surface area contributed by atoms with Gasteiger partial charge in [-0.25, -0.2) is 4.98 Å². The van der Waals surface area contributed by atoms with Gasteiger partial charge in [0.25, 0.3) is 5.69 Å². The Balaban J connectivity index is 2.59. The Bertz CT molecular complexity index is 365. The molecule has 0 aliphatic rings. The lowest BCUT2D eigenvalue weighted by Gasteiger charge is -2.22. The molecule has 88 valence electrons. The van der Waals surface area contributed by atoms with Crippen molar-refractivity contribution in [3.63, 3.8) is 0 Å². The van der Waals surface area contributed by atoms with Gasteiger partial charge < -0.3 is 5.32 Å². The normalized spacial score (nSPS) is 11.2. The highest BCUT2D eigenvalue weighted by Gasteiger charge is 2.15. The number of rotatable bonds is 5. The Kier molecular flexibility index (Phi) is 4.12. The zero-order valence-corrected chi connectivity index (χ0v) is 10.4. The fourth-order valence-electron chi connectivity index (χ4n) is 0.974. The Morgan fingerprint density at radius 2 is 2.25 bits per heavy atom. The quantitative estimate of drug-likeness (QED) is 0.633. The SMILES string of the molecule is CSC(C)(C)CNc1ccc([N+](=O)[O-])cn1. The number of nitro groups is 1. The molecule has 0 saturated carbocycles. The number of hydrogen-bond donors (Lipinski definition) is 1. The first-order valence-corrected chi connectivity index (χ1v) is 6.06. The van der Waals surface area contributed by atoms with E-state index in [9.17, 15) is 10.1 Å². The van der Waals surface area contributed by atoms with Gasteiger partial charge in [0.15, 0.2) is 0 Å². The van der Waals surface area contributed by atoms with Gasteiger partial charge in [-0.2, -0.15) is 11.8 Å². The van der Waals surface area contributed by atoms with Crippen molar-refractivity contribution in [3.8, 4) is 0 Å². The fraction of sp³-hybridized carbons (Fsp3) is 0.500. The van der Waals surface area contributed by atoms with Crippen LogP contribution in [0.2, 0.25) is 0 Å². The van der Waals surface area contributed by atoms with E-state index < -0.39 is 4.92 Å². The molecule has 0 saturated heterocycles. The lowest BCUT2D eigenvalue weighted by molar-refractivity contribution is -0.385. The van der Waals surface area contributed by atoms with Crippen molar-refractivity contribution in [1.29, 1.82) is 0 Å². The number of thioether (sulfide) groups is 1. The first-order valence-electron chi connectivity index (χ1n) is 4.84. The molecule has 0 unspecified atom stereocenters. The smallest absolute Gasteiger partial charge is 0.287 e. The maximum absolute atomic E-state index is 10.4. The van der Waals surface area contributed by atoms with Gasteiger partial charge in [-0.15, -0.1) is 0 Å². The van der Waals surface area contributed by atoms with Crippen LogP contribution in [0.25, 0.3) is 0 Å². The topological polar surface area (TPSA) is 68.1 Å². The van der Waals surface area contributed by atoms with Crippen molar-refractivity contribution < 1.29 is 4.92 Å². The molecule has 0 aliphatic heterocycles. The highest BCUT2D eigenvalue weighted by molar-refractivity contribution is 7.99. The molecule has 1 N–H and O–H groups in total. The van der Waals surface area contributed by atoms with Crippen LogP contribution in [0.15, 0.2) is 18.3 Å². The summed E-state index contributed by atoms with van der Waals surface area (Å²) < 4.78 is 0.115. The molecule has 5 nitrogen and oxygen atoms in total. The van der Waals surface area contributed by atoms with Crippen LogP contribution in [0, 0.1) is 10.1 Å². The molecular formula is C10H15N3O2S. The van der Waals surface area contributed by atoms with Gasteiger partial charge in [-0.3, -0.25) is 10.1 Å². The molecule has 0 aliphatic carbocycles. The highest BCUT2D eigenvalue weighted by Crippen LogP contribution is 2.21.